The van der Waals surface area contributed by atoms with E-state index in [4.69, 9.17) is 0 Å². The minimum atomic E-state index is -3.46. The first-order chi connectivity index (χ1) is 10.5. The normalized spacial score (nSPS) is 18.0. The van der Waals surface area contributed by atoms with Crippen molar-refractivity contribution in [3.63, 3.8) is 0 Å². The van der Waals surface area contributed by atoms with Crippen LogP contribution in [0.4, 0.5) is 0 Å². The van der Waals surface area contributed by atoms with E-state index in [2.05, 4.69) is 21.5 Å². The molecule has 1 fully saturated rings. The van der Waals surface area contributed by atoms with Gasteiger partial charge in [0.2, 0.25) is 10.0 Å². The molecule has 1 unspecified atom stereocenters. The number of thiazole rings is 1. The summed E-state index contributed by atoms with van der Waals surface area (Å²) in [5, 5.41) is 0. The Bertz CT molecular complexity index is 736. The van der Waals surface area contributed by atoms with Crippen LogP contribution in [0.5, 0.6) is 0 Å². The Hall–Kier alpha value is -1.02. The second-order valence-corrected chi connectivity index (χ2v) is 8.60. The zero-order chi connectivity index (χ0) is 15.6. The second-order valence-electron chi connectivity index (χ2n) is 5.95. The summed E-state index contributed by atoms with van der Waals surface area (Å²) in [5.41, 5.74) is 2.46. The van der Waals surface area contributed by atoms with Gasteiger partial charge in [-0.25, -0.2) is 18.1 Å². The molecule has 120 valence electrons. The number of nitrogens with zero attached hydrogens (tertiary/aromatic N) is 2. The molecule has 0 radical (unpaired) electrons. The fourth-order valence-electron chi connectivity index (χ4n) is 2.81. The molecule has 0 saturated carbocycles. The van der Waals surface area contributed by atoms with E-state index in [9.17, 15) is 8.42 Å². The van der Waals surface area contributed by atoms with Crippen molar-refractivity contribution in [3.05, 3.63) is 23.7 Å². The van der Waals surface area contributed by atoms with Crippen molar-refractivity contribution in [1.29, 1.82) is 0 Å². The fourth-order valence-corrected chi connectivity index (χ4v) is 4.65. The standard InChI is InChI=1S/C15H21N3O2S2/c1-12(10-18-6-2-3-7-18)9-17-22(19,20)13-4-5-15-14(8-13)16-11-21-15/h4-5,8,11-12,17H,2-3,6-7,9-10H2,1H3. The van der Waals surface area contributed by atoms with Gasteiger partial charge in [-0.1, -0.05) is 6.92 Å². The van der Waals surface area contributed by atoms with Gasteiger partial charge in [0.05, 0.1) is 20.6 Å². The summed E-state index contributed by atoms with van der Waals surface area (Å²) >= 11 is 1.51. The van der Waals surface area contributed by atoms with E-state index in [1.807, 2.05) is 6.07 Å². The molecule has 0 amide bonds. The van der Waals surface area contributed by atoms with Crippen LogP contribution in [0.25, 0.3) is 10.2 Å². The van der Waals surface area contributed by atoms with E-state index in [0.717, 1.165) is 29.9 Å². The van der Waals surface area contributed by atoms with E-state index in [-0.39, 0.29) is 0 Å². The van der Waals surface area contributed by atoms with Crippen LogP contribution in [0.3, 0.4) is 0 Å². The second kappa shape index (κ2) is 6.62. The van der Waals surface area contributed by atoms with Crippen molar-refractivity contribution in [2.24, 2.45) is 5.92 Å². The summed E-state index contributed by atoms with van der Waals surface area (Å²) in [6.45, 7) is 5.78. The lowest BCUT2D eigenvalue weighted by Gasteiger charge is -2.20. The number of rotatable bonds is 6. The number of benzene rings is 1. The molecule has 1 aromatic heterocycles. The maximum absolute atomic E-state index is 12.4. The molecule has 1 atom stereocenters. The molecule has 2 aromatic rings. The van der Waals surface area contributed by atoms with Gasteiger partial charge in [-0.15, -0.1) is 11.3 Å². The third kappa shape index (κ3) is 3.65. The maximum Gasteiger partial charge on any atom is 0.240 e. The van der Waals surface area contributed by atoms with Gasteiger partial charge in [0.15, 0.2) is 0 Å². The molecule has 1 N–H and O–H groups in total. The highest BCUT2D eigenvalue weighted by atomic mass is 32.2. The van der Waals surface area contributed by atoms with Crippen LogP contribution < -0.4 is 4.72 Å². The predicted octanol–water partition coefficient (Wildman–Crippen LogP) is 2.31. The number of sulfonamides is 1. The smallest absolute Gasteiger partial charge is 0.240 e. The average molecular weight is 339 g/mol. The quantitative estimate of drug-likeness (QED) is 0.877. The van der Waals surface area contributed by atoms with Gasteiger partial charge in [0.25, 0.3) is 0 Å². The number of hydrogen-bond donors (Lipinski definition) is 1. The van der Waals surface area contributed by atoms with Gasteiger partial charge in [-0.05, 0) is 50.0 Å². The van der Waals surface area contributed by atoms with Gasteiger partial charge in [-0.2, -0.15) is 0 Å². The fraction of sp³-hybridized carbons (Fsp3) is 0.533. The molecule has 0 bridgehead atoms. The molecule has 3 rings (SSSR count). The van der Waals surface area contributed by atoms with Crippen molar-refractivity contribution >= 4 is 31.6 Å². The van der Waals surface area contributed by atoms with E-state index in [1.165, 1.54) is 24.2 Å². The number of nitrogens with one attached hydrogen (secondary N) is 1. The molecule has 22 heavy (non-hydrogen) atoms. The topological polar surface area (TPSA) is 62.3 Å². The largest absolute Gasteiger partial charge is 0.303 e. The SMILES string of the molecule is CC(CNS(=O)(=O)c1ccc2scnc2c1)CN1CCCC1. The van der Waals surface area contributed by atoms with Crippen molar-refractivity contribution in [2.45, 2.75) is 24.7 Å². The maximum atomic E-state index is 12.4. The summed E-state index contributed by atoms with van der Waals surface area (Å²) in [6.07, 6.45) is 2.51. The lowest BCUT2D eigenvalue weighted by molar-refractivity contribution is 0.288. The molecule has 5 nitrogen and oxygen atoms in total. The third-order valence-electron chi connectivity index (χ3n) is 4.00. The van der Waals surface area contributed by atoms with Crippen molar-refractivity contribution in [2.75, 3.05) is 26.2 Å². The molecule has 1 saturated heterocycles. The van der Waals surface area contributed by atoms with Crippen molar-refractivity contribution in [1.82, 2.24) is 14.6 Å². The molecule has 1 aromatic carbocycles. The van der Waals surface area contributed by atoms with Crippen LogP contribution in [0.2, 0.25) is 0 Å². The van der Waals surface area contributed by atoms with Crippen LogP contribution in [0.15, 0.2) is 28.6 Å². The van der Waals surface area contributed by atoms with Crippen LogP contribution in [-0.4, -0.2) is 44.5 Å². The van der Waals surface area contributed by atoms with Crippen molar-refractivity contribution in [3.8, 4) is 0 Å². The molecule has 2 heterocycles. The lowest BCUT2D eigenvalue weighted by Crippen LogP contribution is -2.34. The van der Waals surface area contributed by atoms with Crippen LogP contribution in [0, 0.1) is 5.92 Å². The first-order valence-corrected chi connectivity index (χ1v) is 9.96. The Kier molecular flexibility index (Phi) is 4.77. The minimum Gasteiger partial charge on any atom is -0.303 e. The zero-order valence-corrected chi connectivity index (χ0v) is 14.3. The van der Waals surface area contributed by atoms with Crippen LogP contribution in [0.1, 0.15) is 19.8 Å². The average Bonchev–Trinajstić information content (AvgIpc) is 3.15. The van der Waals surface area contributed by atoms with Gasteiger partial charge in [0.1, 0.15) is 0 Å². The molecule has 0 spiro atoms. The number of fused-ring (bicyclic) bond motifs is 1. The highest BCUT2D eigenvalue weighted by Gasteiger charge is 2.18. The summed E-state index contributed by atoms with van der Waals surface area (Å²) in [6, 6.07) is 5.10. The van der Waals surface area contributed by atoms with Crippen LogP contribution >= 0.6 is 11.3 Å². The van der Waals surface area contributed by atoms with Crippen molar-refractivity contribution < 1.29 is 8.42 Å². The Balaban J connectivity index is 1.62. The highest BCUT2D eigenvalue weighted by molar-refractivity contribution is 7.89. The monoisotopic (exact) mass is 339 g/mol. The zero-order valence-electron chi connectivity index (χ0n) is 12.7. The molecular formula is C15H21N3O2S2. The summed E-state index contributed by atoms with van der Waals surface area (Å²) in [5.74, 6) is 0.302. The van der Waals surface area contributed by atoms with Gasteiger partial charge < -0.3 is 4.90 Å². The molecule has 0 aliphatic carbocycles. The molecular weight excluding hydrogens is 318 g/mol. The Labute approximate surface area is 135 Å². The van der Waals surface area contributed by atoms with Crippen LogP contribution in [-0.2, 0) is 10.0 Å². The number of hydrogen-bond acceptors (Lipinski definition) is 5. The Morgan fingerprint density at radius 3 is 2.91 bits per heavy atom. The Morgan fingerprint density at radius 2 is 2.14 bits per heavy atom. The molecule has 1 aliphatic heterocycles. The highest BCUT2D eigenvalue weighted by Crippen LogP contribution is 2.21. The number of aromatic nitrogens is 1. The first-order valence-electron chi connectivity index (χ1n) is 7.60. The van der Waals surface area contributed by atoms with Gasteiger partial charge >= 0.3 is 0 Å². The van der Waals surface area contributed by atoms with Gasteiger partial charge in [0, 0.05) is 13.1 Å². The first kappa shape index (κ1) is 15.9. The summed E-state index contributed by atoms with van der Waals surface area (Å²) in [7, 11) is -3.46. The lowest BCUT2D eigenvalue weighted by atomic mass is 10.2. The minimum absolute atomic E-state index is 0.291. The molecule has 7 heteroatoms. The third-order valence-corrected chi connectivity index (χ3v) is 6.23. The number of likely N-dealkylation sites (tertiary alicyclic amines) is 1. The van der Waals surface area contributed by atoms with E-state index in [0.29, 0.717) is 17.4 Å². The Morgan fingerprint density at radius 1 is 1.36 bits per heavy atom. The van der Waals surface area contributed by atoms with E-state index < -0.39 is 10.0 Å². The summed E-state index contributed by atoms with van der Waals surface area (Å²) < 4.78 is 28.5. The van der Waals surface area contributed by atoms with Gasteiger partial charge in [-0.3, -0.25) is 0 Å². The summed E-state index contributed by atoms with van der Waals surface area (Å²) in [4.78, 5) is 6.87. The van der Waals surface area contributed by atoms with E-state index in [1.54, 1.807) is 17.6 Å². The van der Waals surface area contributed by atoms with E-state index >= 15 is 0 Å². The predicted molar refractivity (Wildman–Crippen MR) is 89.6 cm³/mol. The molecule has 1 aliphatic rings.